The standard InChI is InChI=1S/C25H32F3N3O4.C20H24F3N3O2.C4H4O4.C2HF3O2/c1-25(2,3)35-24(34)29-17(8-16-9-19(27)20(28)11-18(16)26)10-22(32)31-7-6-15-12-30(13-21(15)31)23(33)14-4-5-14;21-15-8-17(23)16(22)6-13(15)5-14(24)7-19(27)26-4-3-12-9-25(10-18(12)26)20(28)11-1-2-11;5-3-8-2-1-4(6)7;3-2(4,5)1(6)7/h9,11,14-15,17,21H,4-8,10,12-13H2,1-3H3,(H,29,34);6,8,11-12,14,18H,1-5,7,9-10,24H2;1-3H,(H,6,7);(H,6,7)/b;;2-1+;/t15-,17+,21+;12-,14+,18+;;/m00../s1. The predicted octanol–water partition coefficient (Wildman–Crippen LogP) is 5.62. The number of nitrogens with zero attached hydrogens (tertiary/aromatic N) is 4. The molecule has 8 rings (SSSR count). The maximum absolute atomic E-state index is 14.3. The maximum atomic E-state index is 14.3. The summed E-state index contributed by atoms with van der Waals surface area (Å²) < 4.78 is 123. The zero-order chi connectivity index (χ0) is 58.0. The molecule has 5 N–H and O–H groups in total. The summed E-state index contributed by atoms with van der Waals surface area (Å²) in [5.74, 6) is -9.87. The summed E-state index contributed by atoms with van der Waals surface area (Å²) in [7, 11) is 0. The van der Waals surface area contributed by atoms with E-state index in [0.29, 0.717) is 63.4 Å². The molecule has 4 aliphatic heterocycles. The number of nitrogens with one attached hydrogen (secondary N) is 1. The van der Waals surface area contributed by atoms with Crippen LogP contribution in [0.3, 0.4) is 0 Å². The molecule has 430 valence electrons. The number of aliphatic carboxylic acids is 2. The normalized spacial score (nSPS) is 21.1. The zero-order valence-corrected chi connectivity index (χ0v) is 42.7. The maximum Gasteiger partial charge on any atom is 0.490 e. The van der Waals surface area contributed by atoms with Gasteiger partial charge in [-0.25, -0.2) is 40.7 Å². The van der Waals surface area contributed by atoms with E-state index in [1.807, 2.05) is 9.80 Å². The highest BCUT2D eigenvalue weighted by molar-refractivity contribution is 5.83. The second kappa shape index (κ2) is 26.6. The first-order chi connectivity index (χ1) is 36.5. The van der Waals surface area contributed by atoms with Crippen molar-refractivity contribution in [3.05, 3.63) is 82.6 Å². The lowest BCUT2D eigenvalue weighted by atomic mass is 10.0. The van der Waals surface area contributed by atoms with E-state index in [4.69, 9.17) is 25.5 Å². The van der Waals surface area contributed by atoms with Crippen molar-refractivity contribution in [3.8, 4) is 0 Å². The van der Waals surface area contributed by atoms with Crippen molar-refractivity contribution >= 4 is 48.1 Å². The summed E-state index contributed by atoms with van der Waals surface area (Å²) >= 11 is 0. The Bertz CT molecular complexity index is 2580. The summed E-state index contributed by atoms with van der Waals surface area (Å²) in [4.78, 5) is 98.2. The van der Waals surface area contributed by atoms with Crippen LogP contribution in [0, 0.1) is 58.6 Å². The molecule has 4 heterocycles. The average Bonchev–Trinajstić information content (AvgIpc) is 4.26. The van der Waals surface area contributed by atoms with Gasteiger partial charge in [-0.15, -0.1) is 0 Å². The molecule has 0 radical (unpaired) electrons. The third kappa shape index (κ3) is 18.1. The van der Waals surface area contributed by atoms with Crippen molar-refractivity contribution in [2.45, 2.75) is 121 Å². The molecule has 2 aromatic carbocycles. The van der Waals surface area contributed by atoms with Gasteiger partial charge in [0, 0.05) is 100.0 Å². The van der Waals surface area contributed by atoms with Crippen molar-refractivity contribution < 1.29 is 97.6 Å². The third-order valence-corrected chi connectivity index (χ3v) is 13.5. The molecule has 78 heavy (non-hydrogen) atoms. The van der Waals surface area contributed by atoms with Crippen molar-refractivity contribution in [1.29, 1.82) is 0 Å². The van der Waals surface area contributed by atoms with Crippen LogP contribution in [0.25, 0.3) is 0 Å². The fraction of sp³-hybridized carbons (Fsp3) is 0.569. The van der Waals surface area contributed by atoms with Gasteiger partial charge in [-0.3, -0.25) is 24.0 Å². The van der Waals surface area contributed by atoms with E-state index in [2.05, 4.69) is 10.1 Å². The van der Waals surface area contributed by atoms with Gasteiger partial charge in [0.15, 0.2) is 23.3 Å². The Labute approximate surface area is 442 Å². The number of halogens is 9. The summed E-state index contributed by atoms with van der Waals surface area (Å²) in [6.45, 7) is 8.76. The Hall–Kier alpha value is -6.93. The monoisotopic (exact) mass is 1120 g/mol. The number of ether oxygens (including phenoxy) is 2. The minimum Gasteiger partial charge on any atom is -0.478 e. The number of alkyl carbamates (subject to hydrolysis) is 1. The molecule has 6 aliphatic rings. The van der Waals surface area contributed by atoms with E-state index >= 15 is 0 Å². The first-order valence-electron chi connectivity index (χ1n) is 24.9. The molecule has 0 spiro atoms. The number of benzene rings is 2. The number of carboxylic acids is 2. The number of rotatable bonds is 14. The van der Waals surface area contributed by atoms with Crippen LogP contribution >= 0.6 is 0 Å². The predicted molar refractivity (Wildman–Crippen MR) is 254 cm³/mol. The average molecular weight is 1120 g/mol. The van der Waals surface area contributed by atoms with Gasteiger partial charge in [0.2, 0.25) is 23.6 Å². The summed E-state index contributed by atoms with van der Waals surface area (Å²) in [6.07, 6.45) is 0.595. The van der Waals surface area contributed by atoms with E-state index < -0.39 is 76.8 Å². The molecule has 2 aromatic rings. The highest BCUT2D eigenvalue weighted by atomic mass is 19.4. The second-order valence-corrected chi connectivity index (χ2v) is 20.8. The molecular weight excluding hydrogens is 1060 g/mol. The second-order valence-electron chi connectivity index (χ2n) is 20.8. The summed E-state index contributed by atoms with van der Waals surface area (Å²) in [5.41, 5.74) is 5.01. The Kier molecular flexibility index (Phi) is 21.1. The molecular formula is C51H61F9N6O12. The fourth-order valence-corrected chi connectivity index (χ4v) is 9.59. The van der Waals surface area contributed by atoms with Gasteiger partial charge in [0.1, 0.15) is 23.5 Å². The minimum absolute atomic E-state index is 0.00176. The Morgan fingerprint density at radius 1 is 0.667 bits per heavy atom. The van der Waals surface area contributed by atoms with Gasteiger partial charge in [0.25, 0.3) is 6.47 Å². The van der Waals surface area contributed by atoms with Crippen LogP contribution in [0.1, 0.15) is 83.3 Å². The molecule has 5 amide bonds. The topological polar surface area (TPSA) is 246 Å². The van der Waals surface area contributed by atoms with Gasteiger partial charge >= 0.3 is 24.2 Å². The number of carboxylic acid groups (broad SMARTS) is 2. The summed E-state index contributed by atoms with van der Waals surface area (Å²) in [6, 6.07) is 0.801. The van der Waals surface area contributed by atoms with E-state index in [1.54, 1.807) is 30.6 Å². The van der Waals surface area contributed by atoms with E-state index in [1.165, 1.54) is 0 Å². The van der Waals surface area contributed by atoms with Gasteiger partial charge in [0.05, 0.1) is 18.2 Å². The van der Waals surface area contributed by atoms with Crippen LogP contribution in [0.2, 0.25) is 0 Å². The lowest BCUT2D eigenvalue weighted by Crippen LogP contribution is -2.46. The van der Waals surface area contributed by atoms with Crippen molar-refractivity contribution in [2.75, 3.05) is 39.3 Å². The molecule has 6 atom stereocenters. The molecule has 6 fully saturated rings. The molecule has 0 unspecified atom stereocenters. The Balaban J connectivity index is 0.000000231. The molecule has 27 heteroatoms. The molecule has 0 aromatic heterocycles. The molecule has 18 nitrogen and oxygen atoms in total. The number of hydrogen-bond acceptors (Lipinski definition) is 11. The number of carbonyl (C=O) groups excluding carboxylic acids is 6. The first-order valence-corrected chi connectivity index (χ1v) is 24.9. The smallest absolute Gasteiger partial charge is 0.478 e. The van der Waals surface area contributed by atoms with Crippen LogP contribution in [0.4, 0.5) is 44.3 Å². The lowest BCUT2D eigenvalue weighted by molar-refractivity contribution is -0.192. The van der Waals surface area contributed by atoms with Crippen LogP contribution in [-0.4, -0.2) is 153 Å². The number of hydrogen-bond donors (Lipinski definition) is 4. The fourth-order valence-electron chi connectivity index (χ4n) is 9.59. The van der Waals surface area contributed by atoms with Crippen molar-refractivity contribution in [3.63, 3.8) is 0 Å². The number of amides is 5. The van der Waals surface area contributed by atoms with E-state index in [0.717, 1.165) is 56.9 Å². The van der Waals surface area contributed by atoms with Crippen LogP contribution in [0.5, 0.6) is 0 Å². The third-order valence-electron chi connectivity index (χ3n) is 13.5. The SMILES string of the molecule is CC(C)(C)OC(=O)N[C@@H](CC(=O)N1CC[C@H]2CN(C(=O)C3CC3)C[C@H]21)Cc1cc(F)c(F)cc1F.N[C@@H](CC(=O)N1CC[C@H]2CN(C(=O)C3CC3)C[C@H]21)Cc1cc(F)c(F)cc1F.O=C(O)C(F)(F)F.O=CO/C=C/C(=O)O. The number of alkyl halides is 3. The Morgan fingerprint density at radius 2 is 1.09 bits per heavy atom. The molecule has 4 saturated heterocycles. The van der Waals surface area contributed by atoms with Crippen LogP contribution < -0.4 is 11.1 Å². The number of nitrogens with two attached hydrogens (primary N) is 1. The molecule has 0 bridgehead atoms. The quantitative estimate of drug-likeness (QED) is 0.0591. The first kappa shape index (κ1) is 61.9. The zero-order valence-electron chi connectivity index (χ0n) is 42.7. The number of likely N-dealkylation sites (tertiary alicyclic amines) is 4. The highest BCUT2D eigenvalue weighted by Gasteiger charge is 2.48. The van der Waals surface area contributed by atoms with Gasteiger partial charge in [-0.1, -0.05) is 0 Å². The van der Waals surface area contributed by atoms with Crippen molar-refractivity contribution in [1.82, 2.24) is 24.9 Å². The van der Waals surface area contributed by atoms with Crippen molar-refractivity contribution in [2.24, 2.45) is 29.4 Å². The van der Waals surface area contributed by atoms with Crippen LogP contribution in [0.15, 0.2) is 36.6 Å². The van der Waals surface area contributed by atoms with E-state index in [9.17, 15) is 73.1 Å². The van der Waals surface area contributed by atoms with Crippen LogP contribution in [-0.2, 0) is 55.9 Å². The summed E-state index contributed by atoms with van der Waals surface area (Å²) in [5, 5.41) is 17.6. The largest absolute Gasteiger partial charge is 0.490 e. The number of carbonyl (C=O) groups is 8. The molecule has 2 saturated carbocycles. The van der Waals surface area contributed by atoms with E-state index in [-0.39, 0.29) is 96.7 Å². The highest BCUT2D eigenvalue weighted by Crippen LogP contribution is 2.39. The Morgan fingerprint density at radius 3 is 1.49 bits per heavy atom. The van der Waals surface area contributed by atoms with Gasteiger partial charge in [-0.2, -0.15) is 13.2 Å². The molecule has 2 aliphatic carbocycles. The minimum atomic E-state index is -5.08. The van der Waals surface area contributed by atoms with Gasteiger partial charge in [-0.05, 0) is 95.4 Å². The number of fused-ring (bicyclic) bond motifs is 2. The van der Waals surface area contributed by atoms with Gasteiger partial charge < -0.3 is 50.3 Å². The lowest BCUT2D eigenvalue weighted by Gasteiger charge is -2.28.